The molecule has 1 N–H and O–H groups in total. The molecule has 2 aromatic heterocycles. The van der Waals surface area contributed by atoms with Gasteiger partial charge in [0.1, 0.15) is 11.5 Å². The lowest BCUT2D eigenvalue weighted by Gasteiger charge is -2.18. The van der Waals surface area contributed by atoms with Gasteiger partial charge in [0.05, 0.1) is 11.4 Å². The molecule has 0 amide bonds. The maximum Gasteiger partial charge on any atom is 0.163 e. The highest BCUT2D eigenvalue weighted by Crippen LogP contribution is 2.35. The molecule has 154 valence electrons. The van der Waals surface area contributed by atoms with E-state index in [0.29, 0.717) is 5.92 Å². The van der Waals surface area contributed by atoms with Crippen LogP contribution in [0.5, 0.6) is 0 Å². The van der Waals surface area contributed by atoms with Gasteiger partial charge < -0.3 is 9.88 Å². The number of hydrogen-bond donors (Lipinski definition) is 1. The highest BCUT2D eigenvalue weighted by molar-refractivity contribution is 5.93. The minimum Gasteiger partial charge on any atom is -0.369 e. The van der Waals surface area contributed by atoms with Crippen LogP contribution >= 0.6 is 0 Å². The van der Waals surface area contributed by atoms with Gasteiger partial charge in [0.25, 0.3) is 0 Å². The van der Waals surface area contributed by atoms with Gasteiger partial charge in [-0.05, 0) is 37.8 Å². The van der Waals surface area contributed by atoms with Crippen molar-refractivity contribution in [1.82, 2.24) is 14.5 Å². The van der Waals surface area contributed by atoms with Crippen LogP contribution in [-0.2, 0) is 0 Å². The third-order valence-electron chi connectivity index (χ3n) is 5.78. The molecule has 0 fully saturated rings. The van der Waals surface area contributed by atoms with E-state index >= 15 is 0 Å². The molecule has 4 nitrogen and oxygen atoms in total. The quantitative estimate of drug-likeness (QED) is 0.409. The molecule has 1 atom stereocenters. The molecule has 2 aromatic carbocycles. The summed E-state index contributed by atoms with van der Waals surface area (Å²) in [6.07, 6.45) is 0. The lowest BCUT2D eigenvalue weighted by atomic mass is 10.1. The third kappa shape index (κ3) is 3.70. The summed E-state index contributed by atoms with van der Waals surface area (Å²) in [6, 6.07) is 21.0. The van der Waals surface area contributed by atoms with Gasteiger partial charge in [-0.15, -0.1) is 0 Å². The second-order valence-electron chi connectivity index (χ2n) is 8.40. The molecular formula is C26H30N4. The standard InChI is InChI=1S/C26H30N4/c1-17(2)16-27-25-23-18(3)19(4)30(20(5)21-12-8-6-9-13-21)26(23)29-24(28-25)22-14-10-7-11-15-22/h6-15,17,20H,16H2,1-5H3,(H,27,28,29)/t20-/m1/s1. The zero-order chi connectivity index (χ0) is 21.3. The Bertz CT molecular complexity index is 1140. The van der Waals surface area contributed by atoms with Crippen molar-refractivity contribution < 1.29 is 0 Å². The van der Waals surface area contributed by atoms with E-state index in [1.54, 1.807) is 0 Å². The van der Waals surface area contributed by atoms with Gasteiger partial charge in [0.2, 0.25) is 0 Å². The molecule has 0 aliphatic rings. The van der Waals surface area contributed by atoms with Crippen molar-refractivity contribution in [3.8, 4) is 11.4 Å². The smallest absolute Gasteiger partial charge is 0.163 e. The van der Waals surface area contributed by atoms with Crippen molar-refractivity contribution in [1.29, 1.82) is 0 Å². The van der Waals surface area contributed by atoms with E-state index < -0.39 is 0 Å². The Morgan fingerprint density at radius 3 is 2.13 bits per heavy atom. The number of hydrogen-bond acceptors (Lipinski definition) is 3. The molecule has 4 heteroatoms. The van der Waals surface area contributed by atoms with E-state index in [9.17, 15) is 0 Å². The van der Waals surface area contributed by atoms with Crippen molar-refractivity contribution in [2.45, 2.75) is 40.7 Å². The van der Waals surface area contributed by atoms with Crippen LogP contribution < -0.4 is 5.32 Å². The summed E-state index contributed by atoms with van der Waals surface area (Å²) in [6.45, 7) is 11.9. The maximum atomic E-state index is 5.07. The number of aromatic nitrogens is 3. The lowest BCUT2D eigenvalue weighted by molar-refractivity contribution is 0.639. The minimum absolute atomic E-state index is 0.180. The van der Waals surface area contributed by atoms with Gasteiger partial charge in [-0.2, -0.15) is 0 Å². The Balaban J connectivity index is 1.96. The van der Waals surface area contributed by atoms with Crippen LogP contribution in [0.4, 0.5) is 5.82 Å². The zero-order valence-corrected chi connectivity index (χ0v) is 18.5. The average molecular weight is 399 g/mol. The first-order valence-electron chi connectivity index (χ1n) is 10.7. The van der Waals surface area contributed by atoms with Gasteiger partial charge in [-0.25, -0.2) is 9.97 Å². The number of anilines is 1. The first-order chi connectivity index (χ1) is 14.5. The Hall–Kier alpha value is -3.14. The van der Waals surface area contributed by atoms with Gasteiger partial charge in [0.15, 0.2) is 5.82 Å². The molecule has 0 radical (unpaired) electrons. The maximum absolute atomic E-state index is 5.07. The second kappa shape index (κ2) is 8.31. The Morgan fingerprint density at radius 1 is 0.867 bits per heavy atom. The predicted molar refractivity (Wildman–Crippen MR) is 126 cm³/mol. The SMILES string of the molecule is Cc1c(C)n([C@H](C)c2ccccc2)c2nc(-c3ccccc3)nc(NCC(C)C)c12. The van der Waals surface area contributed by atoms with Crippen LogP contribution in [-0.4, -0.2) is 21.1 Å². The fourth-order valence-electron chi connectivity index (χ4n) is 3.99. The largest absolute Gasteiger partial charge is 0.369 e. The number of fused-ring (bicyclic) bond motifs is 1. The van der Waals surface area contributed by atoms with Gasteiger partial charge >= 0.3 is 0 Å². The second-order valence-corrected chi connectivity index (χ2v) is 8.40. The van der Waals surface area contributed by atoms with E-state index in [1.807, 2.05) is 18.2 Å². The Morgan fingerprint density at radius 2 is 1.50 bits per heavy atom. The van der Waals surface area contributed by atoms with E-state index in [-0.39, 0.29) is 6.04 Å². The molecule has 0 spiro atoms. The van der Waals surface area contributed by atoms with Crippen LogP contribution in [0.15, 0.2) is 60.7 Å². The fourth-order valence-corrected chi connectivity index (χ4v) is 3.99. The molecule has 4 aromatic rings. The Kier molecular flexibility index (Phi) is 5.58. The van der Waals surface area contributed by atoms with E-state index in [4.69, 9.17) is 9.97 Å². The summed E-state index contributed by atoms with van der Waals surface area (Å²) in [5.41, 5.74) is 5.75. The van der Waals surface area contributed by atoms with Gasteiger partial charge in [-0.3, -0.25) is 0 Å². The lowest BCUT2D eigenvalue weighted by Crippen LogP contribution is -2.12. The first kappa shape index (κ1) is 20.1. The predicted octanol–water partition coefficient (Wildman–Crippen LogP) is 6.39. The van der Waals surface area contributed by atoms with Crippen molar-refractivity contribution in [2.75, 3.05) is 11.9 Å². The first-order valence-corrected chi connectivity index (χ1v) is 10.7. The number of aryl methyl sites for hydroxylation is 1. The summed E-state index contributed by atoms with van der Waals surface area (Å²) in [4.78, 5) is 10.0. The average Bonchev–Trinajstić information content (AvgIpc) is 3.03. The monoisotopic (exact) mass is 398 g/mol. The summed E-state index contributed by atoms with van der Waals surface area (Å²) in [5.74, 6) is 2.21. The van der Waals surface area contributed by atoms with Crippen molar-refractivity contribution in [2.24, 2.45) is 5.92 Å². The van der Waals surface area contributed by atoms with Crippen LogP contribution in [0.25, 0.3) is 22.4 Å². The normalized spacial score (nSPS) is 12.5. The minimum atomic E-state index is 0.180. The number of benzene rings is 2. The molecular weight excluding hydrogens is 368 g/mol. The molecule has 4 rings (SSSR count). The Labute approximate surface area is 179 Å². The highest BCUT2D eigenvalue weighted by atomic mass is 15.1. The molecule has 0 bridgehead atoms. The molecule has 0 saturated carbocycles. The summed E-state index contributed by atoms with van der Waals surface area (Å²) in [5, 5.41) is 4.71. The van der Waals surface area contributed by atoms with Gasteiger partial charge in [0, 0.05) is 17.8 Å². The summed E-state index contributed by atoms with van der Waals surface area (Å²) in [7, 11) is 0. The molecule has 0 saturated heterocycles. The van der Waals surface area contributed by atoms with Crippen molar-refractivity contribution in [3.63, 3.8) is 0 Å². The molecule has 2 heterocycles. The van der Waals surface area contributed by atoms with E-state index in [1.165, 1.54) is 16.8 Å². The highest BCUT2D eigenvalue weighted by Gasteiger charge is 2.22. The molecule has 0 unspecified atom stereocenters. The number of nitrogens with zero attached hydrogens (tertiary/aromatic N) is 3. The molecule has 0 aliphatic heterocycles. The van der Waals surface area contributed by atoms with Crippen molar-refractivity contribution >= 4 is 16.9 Å². The van der Waals surface area contributed by atoms with E-state index in [0.717, 1.165) is 34.8 Å². The summed E-state index contributed by atoms with van der Waals surface area (Å²) < 4.78 is 2.36. The molecule has 0 aliphatic carbocycles. The topological polar surface area (TPSA) is 42.7 Å². The van der Waals surface area contributed by atoms with Crippen molar-refractivity contribution in [3.05, 3.63) is 77.5 Å². The van der Waals surface area contributed by atoms with Crippen LogP contribution in [0, 0.1) is 19.8 Å². The summed E-state index contributed by atoms with van der Waals surface area (Å²) >= 11 is 0. The fraction of sp³-hybridized carbons (Fsp3) is 0.308. The van der Waals surface area contributed by atoms with Crippen LogP contribution in [0.3, 0.4) is 0 Å². The van der Waals surface area contributed by atoms with E-state index in [2.05, 4.69) is 87.0 Å². The number of nitrogens with one attached hydrogen (secondary N) is 1. The van der Waals surface area contributed by atoms with Gasteiger partial charge in [-0.1, -0.05) is 74.5 Å². The zero-order valence-electron chi connectivity index (χ0n) is 18.5. The van der Waals surface area contributed by atoms with Crippen LogP contribution in [0.2, 0.25) is 0 Å². The number of rotatable bonds is 6. The molecule has 30 heavy (non-hydrogen) atoms. The third-order valence-corrected chi connectivity index (χ3v) is 5.78. The van der Waals surface area contributed by atoms with Crippen LogP contribution in [0.1, 0.15) is 43.6 Å².